The number of aromatic amines is 1. The minimum Gasteiger partial charge on any atom is -0.341 e. The SMILES string of the molecule is O=C1CC(c2ccc(C[C@H](NS(=O)(=O)c3cccc(Br)c3)c3nc4ccccc4[nH]3)cc2)S(=O)(=O)N1. The Morgan fingerprint density at radius 1 is 1.06 bits per heavy atom. The van der Waals surface area contributed by atoms with Crippen molar-refractivity contribution in [2.45, 2.75) is 29.0 Å². The van der Waals surface area contributed by atoms with Crippen LogP contribution in [0.25, 0.3) is 11.0 Å². The molecule has 1 saturated heterocycles. The minimum absolute atomic E-state index is 0.108. The molecule has 0 aliphatic carbocycles. The Kier molecular flexibility index (Phi) is 6.45. The summed E-state index contributed by atoms with van der Waals surface area (Å²) in [5, 5.41) is -0.944. The molecule has 0 spiro atoms. The van der Waals surface area contributed by atoms with Crippen LogP contribution in [0.4, 0.5) is 0 Å². The number of benzene rings is 3. The minimum atomic E-state index is -3.90. The van der Waals surface area contributed by atoms with Crippen LogP contribution >= 0.6 is 15.9 Å². The number of amides is 1. The van der Waals surface area contributed by atoms with E-state index in [1.165, 1.54) is 12.1 Å². The van der Waals surface area contributed by atoms with Crippen LogP contribution in [0, 0.1) is 0 Å². The van der Waals surface area contributed by atoms with Gasteiger partial charge in [-0.25, -0.2) is 26.5 Å². The highest BCUT2D eigenvalue weighted by molar-refractivity contribution is 9.10. The van der Waals surface area contributed by atoms with Crippen molar-refractivity contribution in [1.29, 1.82) is 0 Å². The van der Waals surface area contributed by atoms with Gasteiger partial charge in [0.15, 0.2) is 0 Å². The summed E-state index contributed by atoms with van der Waals surface area (Å²) < 4.78 is 56.2. The third kappa shape index (κ3) is 5.07. The molecule has 1 aliphatic heterocycles. The first-order valence-corrected chi connectivity index (χ1v) is 14.8. The number of rotatable bonds is 7. The topological polar surface area (TPSA) is 138 Å². The second-order valence-electron chi connectivity index (χ2n) is 8.48. The fraction of sp³-hybridized carbons (Fsp3) is 0.167. The highest BCUT2D eigenvalue weighted by atomic mass is 79.9. The summed E-state index contributed by atoms with van der Waals surface area (Å²) in [6.45, 7) is 0. The largest absolute Gasteiger partial charge is 0.341 e. The van der Waals surface area contributed by atoms with Gasteiger partial charge in [-0.3, -0.25) is 9.52 Å². The number of para-hydroxylation sites is 2. The van der Waals surface area contributed by atoms with Crippen LogP contribution in [0.1, 0.15) is 34.7 Å². The Labute approximate surface area is 216 Å². The zero-order valence-corrected chi connectivity index (χ0v) is 21.9. The Hall–Kier alpha value is -3.06. The molecule has 1 unspecified atom stereocenters. The van der Waals surface area contributed by atoms with Gasteiger partial charge in [0.25, 0.3) is 0 Å². The van der Waals surface area contributed by atoms with Crippen LogP contribution in [-0.2, 0) is 31.3 Å². The molecule has 36 heavy (non-hydrogen) atoms. The maximum atomic E-state index is 13.2. The molecule has 4 aromatic rings. The lowest BCUT2D eigenvalue weighted by Crippen LogP contribution is -2.31. The highest BCUT2D eigenvalue weighted by Gasteiger charge is 2.37. The van der Waals surface area contributed by atoms with Gasteiger partial charge in [-0.05, 0) is 47.9 Å². The molecule has 9 nitrogen and oxygen atoms in total. The van der Waals surface area contributed by atoms with E-state index >= 15 is 0 Å². The van der Waals surface area contributed by atoms with Crippen LogP contribution in [-0.4, -0.2) is 32.7 Å². The van der Waals surface area contributed by atoms with E-state index in [4.69, 9.17) is 0 Å². The summed E-state index contributed by atoms with van der Waals surface area (Å²) in [5.74, 6) is -0.0806. The number of hydrogen-bond donors (Lipinski definition) is 3. The fourth-order valence-electron chi connectivity index (χ4n) is 4.17. The van der Waals surface area contributed by atoms with Crippen molar-refractivity contribution in [2.24, 2.45) is 0 Å². The fourth-order valence-corrected chi connectivity index (χ4v) is 7.40. The smallest absolute Gasteiger partial charge is 0.242 e. The summed E-state index contributed by atoms with van der Waals surface area (Å²) in [7, 11) is -7.65. The van der Waals surface area contributed by atoms with Gasteiger partial charge in [-0.15, -0.1) is 0 Å². The molecule has 1 amide bonds. The maximum Gasteiger partial charge on any atom is 0.242 e. The van der Waals surface area contributed by atoms with Crippen LogP contribution in [0.5, 0.6) is 0 Å². The third-order valence-corrected chi connectivity index (χ3v) is 9.60. The predicted octanol–water partition coefficient (Wildman–Crippen LogP) is 3.48. The number of sulfonamides is 2. The predicted molar refractivity (Wildman–Crippen MR) is 138 cm³/mol. The molecule has 12 heteroatoms. The molecule has 1 aromatic heterocycles. The standard InChI is InChI=1S/C24H21BrN4O5S2/c25-17-4-3-5-18(13-17)35(31,32)28-21(24-26-19-6-1-2-7-20(19)27-24)12-15-8-10-16(11-9-15)22-14-23(30)29-36(22,33)34/h1-11,13,21-22,28H,12,14H2,(H,26,27)(H,29,30)/t21-,22?/m0/s1. The van der Waals surface area contributed by atoms with Gasteiger partial charge in [-0.2, -0.15) is 0 Å². The molecule has 3 N–H and O–H groups in total. The number of aromatic nitrogens is 2. The second-order valence-corrected chi connectivity index (χ2v) is 13.0. The lowest BCUT2D eigenvalue weighted by Gasteiger charge is -2.18. The second kappa shape index (κ2) is 9.43. The highest BCUT2D eigenvalue weighted by Crippen LogP contribution is 2.31. The number of carbonyl (C=O) groups excluding carboxylic acids is 1. The maximum absolute atomic E-state index is 13.2. The summed E-state index contributed by atoms with van der Waals surface area (Å²) in [6, 6.07) is 19.8. The first-order valence-electron chi connectivity index (χ1n) is 11.0. The van der Waals surface area contributed by atoms with Crippen molar-refractivity contribution in [3.8, 4) is 0 Å². The Morgan fingerprint density at radius 2 is 1.81 bits per heavy atom. The zero-order valence-electron chi connectivity index (χ0n) is 18.7. The molecule has 1 fully saturated rings. The summed E-state index contributed by atoms with van der Waals surface area (Å²) in [4.78, 5) is 19.5. The Morgan fingerprint density at radius 3 is 2.47 bits per heavy atom. The number of fused-ring (bicyclic) bond motifs is 1. The number of H-pyrrole nitrogens is 1. The van der Waals surface area contributed by atoms with Crippen LogP contribution in [0.2, 0.25) is 0 Å². The summed E-state index contributed by atoms with van der Waals surface area (Å²) >= 11 is 3.31. The monoisotopic (exact) mass is 588 g/mol. The Balaban J connectivity index is 1.46. The number of imidazole rings is 1. The Bertz CT molecular complexity index is 1640. The molecule has 1 aliphatic rings. The van der Waals surface area contributed by atoms with Crippen molar-refractivity contribution < 1.29 is 21.6 Å². The van der Waals surface area contributed by atoms with Gasteiger partial charge in [0.2, 0.25) is 26.0 Å². The van der Waals surface area contributed by atoms with E-state index in [0.717, 1.165) is 11.1 Å². The molecule has 0 saturated carbocycles. The van der Waals surface area contributed by atoms with E-state index in [2.05, 4.69) is 30.6 Å². The van der Waals surface area contributed by atoms with Crippen molar-refractivity contribution in [1.82, 2.24) is 19.4 Å². The molecule has 186 valence electrons. The molecule has 0 radical (unpaired) electrons. The van der Waals surface area contributed by atoms with Gasteiger partial charge in [0.1, 0.15) is 11.1 Å². The van der Waals surface area contributed by atoms with Crippen LogP contribution in [0.15, 0.2) is 82.2 Å². The van der Waals surface area contributed by atoms with Gasteiger partial charge in [0.05, 0.1) is 28.4 Å². The quantitative estimate of drug-likeness (QED) is 0.302. The van der Waals surface area contributed by atoms with Gasteiger partial charge in [0, 0.05) is 4.47 Å². The first kappa shape index (κ1) is 24.6. The molecule has 2 heterocycles. The van der Waals surface area contributed by atoms with Crippen molar-refractivity contribution in [3.63, 3.8) is 0 Å². The van der Waals surface area contributed by atoms with E-state index in [9.17, 15) is 21.6 Å². The third-order valence-electron chi connectivity index (χ3n) is 5.93. The number of halogens is 1. The van der Waals surface area contributed by atoms with E-state index in [0.29, 0.717) is 21.4 Å². The van der Waals surface area contributed by atoms with Crippen molar-refractivity contribution in [2.75, 3.05) is 0 Å². The van der Waals surface area contributed by atoms with Crippen molar-refractivity contribution in [3.05, 3.63) is 94.2 Å². The number of nitrogens with one attached hydrogen (secondary N) is 3. The molecular weight excluding hydrogens is 568 g/mol. The zero-order chi connectivity index (χ0) is 25.5. The molecular formula is C24H21BrN4O5S2. The molecule has 3 aromatic carbocycles. The molecule has 5 rings (SSSR count). The van der Waals surface area contributed by atoms with Crippen molar-refractivity contribution >= 4 is 52.9 Å². The van der Waals surface area contributed by atoms with Crippen LogP contribution in [0.3, 0.4) is 0 Å². The number of nitrogens with zero attached hydrogens (tertiary/aromatic N) is 1. The van der Waals surface area contributed by atoms with Crippen LogP contribution < -0.4 is 9.44 Å². The van der Waals surface area contributed by atoms with E-state index in [-0.39, 0.29) is 17.7 Å². The van der Waals surface area contributed by atoms with E-state index in [1.54, 1.807) is 36.4 Å². The molecule has 2 atom stereocenters. The summed E-state index contributed by atoms with van der Waals surface area (Å²) in [5.41, 5.74) is 2.74. The average molecular weight is 589 g/mol. The lowest BCUT2D eigenvalue weighted by molar-refractivity contribution is -0.118. The van der Waals surface area contributed by atoms with Gasteiger partial charge < -0.3 is 4.98 Å². The van der Waals surface area contributed by atoms with Gasteiger partial charge >= 0.3 is 0 Å². The molecule has 0 bridgehead atoms. The first-order chi connectivity index (χ1) is 17.1. The normalized spacial score (nSPS) is 18.2. The average Bonchev–Trinajstić information content (AvgIpc) is 3.38. The van der Waals surface area contributed by atoms with E-state index < -0.39 is 37.2 Å². The summed E-state index contributed by atoms with van der Waals surface area (Å²) in [6.07, 6.45) is 0.123. The lowest BCUT2D eigenvalue weighted by atomic mass is 10.0. The number of carbonyl (C=O) groups is 1. The van der Waals surface area contributed by atoms with Gasteiger partial charge in [-0.1, -0.05) is 58.4 Å². The van der Waals surface area contributed by atoms with E-state index in [1.807, 2.05) is 29.0 Å². The number of hydrogen-bond acceptors (Lipinski definition) is 6.